The highest BCUT2D eigenvalue weighted by Gasteiger charge is 2.04. The molecule has 0 unspecified atom stereocenters. The van der Waals surface area contributed by atoms with E-state index in [1.165, 1.54) is 0 Å². The van der Waals surface area contributed by atoms with Crippen molar-refractivity contribution in [3.8, 4) is 0 Å². The smallest absolute Gasteiger partial charge is 0.283 e. The van der Waals surface area contributed by atoms with E-state index in [4.69, 9.17) is 23.2 Å². The highest BCUT2D eigenvalue weighted by atomic mass is 35.5. The molecule has 0 aliphatic carbocycles. The molecule has 0 saturated heterocycles. The fourth-order valence-corrected chi connectivity index (χ4v) is 1.69. The van der Waals surface area contributed by atoms with Crippen molar-refractivity contribution in [3.63, 3.8) is 0 Å². The Labute approximate surface area is 90.6 Å². The molecule has 0 radical (unpaired) electrons. The number of nitrogens with one attached hydrogen (secondary N) is 1. The van der Waals surface area contributed by atoms with Crippen LogP contribution >= 0.6 is 35.0 Å². The molecule has 0 aliphatic rings. The van der Waals surface area contributed by atoms with Crippen LogP contribution in [-0.4, -0.2) is 12.3 Å². The van der Waals surface area contributed by atoms with Crippen LogP contribution in [0.25, 0.3) is 0 Å². The maximum absolute atomic E-state index is 11.0. The van der Waals surface area contributed by atoms with Crippen molar-refractivity contribution < 1.29 is 4.79 Å². The van der Waals surface area contributed by atoms with E-state index in [-0.39, 0.29) is 5.24 Å². The summed E-state index contributed by atoms with van der Waals surface area (Å²) < 4.78 is 0. The molecule has 2 nitrogen and oxygen atoms in total. The Hall–Kier alpha value is -0.380. The normalized spacial score (nSPS) is 9.77. The number of hydrogen-bond acceptors (Lipinski definition) is 2. The van der Waals surface area contributed by atoms with Crippen molar-refractivity contribution in [2.45, 2.75) is 4.90 Å². The van der Waals surface area contributed by atoms with E-state index < -0.39 is 0 Å². The lowest BCUT2D eigenvalue weighted by Crippen LogP contribution is -2.10. The van der Waals surface area contributed by atoms with E-state index >= 15 is 0 Å². The molecule has 1 rings (SSSR count). The summed E-state index contributed by atoms with van der Waals surface area (Å²) in [6.45, 7) is 0. The first-order valence-electron chi connectivity index (χ1n) is 3.48. The first-order valence-corrected chi connectivity index (χ1v) is 5.05. The average molecular weight is 236 g/mol. The lowest BCUT2D eigenvalue weighted by atomic mass is 10.4. The summed E-state index contributed by atoms with van der Waals surface area (Å²) >= 11 is 12.5. The van der Waals surface area contributed by atoms with Gasteiger partial charge in [-0.3, -0.25) is 4.79 Å². The van der Waals surface area contributed by atoms with Gasteiger partial charge in [-0.15, -0.1) is 0 Å². The van der Waals surface area contributed by atoms with E-state index in [1.807, 2.05) is 0 Å². The molecule has 0 fully saturated rings. The van der Waals surface area contributed by atoms with E-state index in [2.05, 4.69) is 5.32 Å². The van der Waals surface area contributed by atoms with Crippen molar-refractivity contribution in [1.29, 1.82) is 0 Å². The van der Waals surface area contributed by atoms with Gasteiger partial charge in [0.15, 0.2) is 0 Å². The summed E-state index contributed by atoms with van der Waals surface area (Å²) in [5.74, 6) is 0. The standard InChI is InChI=1S/C8H7Cl2NOS/c1-11-8(12)13-5-2-3-6(9)7(10)4-5/h2-4H,1H3,(H,11,12). The fourth-order valence-electron chi connectivity index (χ4n) is 0.698. The fraction of sp³-hybridized carbons (Fsp3) is 0.125. The van der Waals surface area contributed by atoms with Gasteiger partial charge in [-0.2, -0.15) is 0 Å². The predicted molar refractivity (Wildman–Crippen MR) is 56.8 cm³/mol. The van der Waals surface area contributed by atoms with Crippen molar-refractivity contribution in [3.05, 3.63) is 28.2 Å². The number of carbonyl (C=O) groups excluding carboxylic acids is 1. The molecule has 0 bridgehead atoms. The molecule has 0 atom stereocenters. The number of amides is 1. The number of carbonyl (C=O) groups is 1. The first kappa shape index (κ1) is 10.7. The summed E-state index contributed by atoms with van der Waals surface area (Å²) in [5.41, 5.74) is 0. The Balaban J connectivity index is 2.79. The van der Waals surface area contributed by atoms with Crippen LogP contribution in [0.2, 0.25) is 10.0 Å². The maximum atomic E-state index is 11.0. The number of thioether (sulfide) groups is 1. The Morgan fingerprint density at radius 1 is 1.38 bits per heavy atom. The molecule has 1 N–H and O–H groups in total. The van der Waals surface area contributed by atoms with Crippen LogP contribution in [0.3, 0.4) is 0 Å². The van der Waals surface area contributed by atoms with Crippen LogP contribution in [0.1, 0.15) is 0 Å². The van der Waals surface area contributed by atoms with Crippen LogP contribution in [0.4, 0.5) is 4.79 Å². The van der Waals surface area contributed by atoms with Crippen LogP contribution < -0.4 is 5.32 Å². The van der Waals surface area contributed by atoms with Gasteiger partial charge in [0, 0.05) is 11.9 Å². The van der Waals surface area contributed by atoms with Crippen molar-refractivity contribution in [2.75, 3.05) is 7.05 Å². The van der Waals surface area contributed by atoms with Gasteiger partial charge in [0.25, 0.3) is 5.24 Å². The van der Waals surface area contributed by atoms with Gasteiger partial charge >= 0.3 is 0 Å². The minimum atomic E-state index is -0.126. The number of hydrogen-bond donors (Lipinski definition) is 1. The number of rotatable bonds is 1. The Morgan fingerprint density at radius 2 is 2.08 bits per heavy atom. The van der Waals surface area contributed by atoms with E-state index in [0.717, 1.165) is 16.7 Å². The van der Waals surface area contributed by atoms with Crippen LogP contribution in [0, 0.1) is 0 Å². The molecule has 0 saturated carbocycles. The molecule has 5 heteroatoms. The number of halogens is 2. The molecule has 0 aromatic heterocycles. The largest absolute Gasteiger partial charge is 0.350 e. The second kappa shape index (κ2) is 4.74. The zero-order valence-electron chi connectivity index (χ0n) is 6.80. The molecule has 1 aromatic rings. The quantitative estimate of drug-likeness (QED) is 0.757. The third-order valence-corrected chi connectivity index (χ3v) is 2.92. The first-order chi connectivity index (χ1) is 6.13. The second-order valence-electron chi connectivity index (χ2n) is 2.22. The van der Waals surface area contributed by atoms with E-state index in [9.17, 15) is 4.79 Å². The summed E-state index contributed by atoms with van der Waals surface area (Å²) in [6.07, 6.45) is 0. The molecular formula is C8H7Cl2NOS. The molecule has 1 aromatic carbocycles. The molecule has 13 heavy (non-hydrogen) atoms. The molecule has 70 valence electrons. The van der Waals surface area contributed by atoms with Gasteiger partial charge in [-0.1, -0.05) is 23.2 Å². The van der Waals surface area contributed by atoms with Gasteiger partial charge in [-0.25, -0.2) is 0 Å². The van der Waals surface area contributed by atoms with Gasteiger partial charge in [0.2, 0.25) is 0 Å². The van der Waals surface area contributed by atoms with Crippen LogP contribution in [0.5, 0.6) is 0 Å². The van der Waals surface area contributed by atoms with Gasteiger partial charge in [-0.05, 0) is 30.0 Å². The summed E-state index contributed by atoms with van der Waals surface area (Å²) in [6, 6.07) is 5.06. The summed E-state index contributed by atoms with van der Waals surface area (Å²) in [5, 5.41) is 3.31. The zero-order chi connectivity index (χ0) is 9.84. The minimum Gasteiger partial charge on any atom is -0.350 e. The van der Waals surface area contributed by atoms with Gasteiger partial charge in [0.1, 0.15) is 0 Å². The van der Waals surface area contributed by atoms with Crippen molar-refractivity contribution >= 4 is 40.2 Å². The molecule has 0 heterocycles. The lowest BCUT2D eigenvalue weighted by Gasteiger charge is -2.00. The zero-order valence-corrected chi connectivity index (χ0v) is 9.13. The summed E-state index contributed by atoms with van der Waals surface area (Å²) in [7, 11) is 1.58. The Morgan fingerprint density at radius 3 is 2.62 bits per heavy atom. The third kappa shape index (κ3) is 3.10. The average Bonchev–Trinajstić information content (AvgIpc) is 2.11. The molecule has 1 amide bonds. The SMILES string of the molecule is CNC(=O)Sc1ccc(Cl)c(Cl)c1. The van der Waals surface area contributed by atoms with E-state index in [0.29, 0.717) is 10.0 Å². The topological polar surface area (TPSA) is 29.1 Å². The Kier molecular flexibility index (Phi) is 3.90. The van der Waals surface area contributed by atoms with Gasteiger partial charge < -0.3 is 5.32 Å². The molecule has 0 spiro atoms. The highest BCUT2D eigenvalue weighted by Crippen LogP contribution is 2.27. The lowest BCUT2D eigenvalue weighted by molar-refractivity contribution is 0.262. The monoisotopic (exact) mass is 235 g/mol. The predicted octanol–water partition coefficient (Wildman–Crippen LogP) is 3.42. The number of benzene rings is 1. The summed E-state index contributed by atoms with van der Waals surface area (Å²) in [4.78, 5) is 11.7. The van der Waals surface area contributed by atoms with Crippen molar-refractivity contribution in [1.82, 2.24) is 5.32 Å². The van der Waals surface area contributed by atoms with Crippen molar-refractivity contribution in [2.24, 2.45) is 0 Å². The second-order valence-corrected chi connectivity index (χ2v) is 4.08. The maximum Gasteiger partial charge on any atom is 0.283 e. The highest BCUT2D eigenvalue weighted by molar-refractivity contribution is 8.13. The molecular weight excluding hydrogens is 229 g/mol. The third-order valence-electron chi connectivity index (χ3n) is 1.31. The van der Waals surface area contributed by atoms with Gasteiger partial charge in [0.05, 0.1) is 10.0 Å². The van der Waals surface area contributed by atoms with E-state index in [1.54, 1.807) is 25.2 Å². The molecule has 0 aliphatic heterocycles. The van der Waals surface area contributed by atoms with Crippen LogP contribution in [-0.2, 0) is 0 Å². The van der Waals surface area contributed by atoms with Crippen LogP contribution in [0.15, 0.2) is 23.1 Å². The Bertz CT molecular complexity index is 330. The minimum absolute atomic E-state index is 0.126.